The second-order valence-corrected chi connectivity index (χ2v) is 3.29. The number of benzene rings is 2. The third-order valence-corrected chi connectivity index (χ3v) is 2.33. The fourth-order valence-electron chi connectivity index (χ4n) is 1.53. The molecule has 0 unspecified atom stereocenters. The molecular formula is C14H9N. The molecule has 0 aliphatic carbocycles. The molecule has 0 aliphatic heterocycles. The summed E-state index contributed by atoms with van der Waals surface area (Å²) in [5.74, 6) is 5.14. The lowest BCUT2D eigenvalue weighted by atomic mass is 10.0. The second kappa shape index (κ2) is 3.40. The van der Waals surface area contributed by atoms with E-state index >= 15 is 0 Å². The largest absolute Gasteiger partial charge is 0.398 e. The Balaban J connectivity index is 2.80. The summed E-state index contributed by atoms with van der Waals surface area (Å²) >= 11 is 0. The van der Waals surface area contributed by atoms with Gasteiger partial charge in [0.2, 0.25) is 0 Å². The van der Waals surface area contributed by atoms with Crippen molar-refractivity contribution in [1.82, 2.24) is 0 Å². The third-order valence-electron chi connectivity index (χ3n) is 2.33. The average molecular weight is 191 g/mol. The Morgan fingerprint density at radius 2 is 1.73 bits per heavy atom. The predicted molar refractivity (Wildman–Crippen MR) is 64.2 cm³/mol. The van der Waals surface area contributed by atoms with Crippen LogP contribution in [0.1, 0.15) is 11.1 Å². The van der Waals surface area contributed by atoms with Gasteiger partial charge >= 0.3 is 0 Å². The predicted octanol–water partition coefficient (Wildman–Crippen LogP) is 2.38. The standard InChI is InChI=1S/C14H9N/c1-3-10-5-6-12-9-14(15)11(4-2)8-13(12)7-10/h1-2,5-9H,15H2. The Kier molecular flexibility index (Phi) is 2.08. The molecule has 0 spiro atoms. The number of rotatable bonds is 0. The first-order valence-electron chi connectivity index (χ1n) is 4.51. The molecule has 0 atom stereocenters. The van der Waals surface area contributed by atoms with E-state index in [1.54, 1.807) is 0 Å². The maximum absolute atomic E-state index is 5.78. The lowest BCUT2D eigenvalue weighted by molar-refractivity contribution is 1.65. The van der Waals surface area contributed by atoms with Crippen molar-refractivity contribution < 1.29 is 0 Å². The molecule has 0 amide bonds. The summed E-state index contributed by atoms with van der Waals surface area (Å²) in [6.07, 6.45) is 10.7. The van der Waals surface area contributed by atoms with E-state index in [1.165, 1.54) is 0 Å². The van der Waals surface area contributed by atoms with Crippen LogP contribution in [0, 0.1) is 24.7 Å². The first-order valence-corrected chi connectivity index (χ1v) is 4.51. The van der Waals surface area contributed by atoms with Crippen molar-refractivity contribution in [3.8, 4) is 24.7 Å². The molecule has 2 aromatic rings. The highest BCUT2D eigenvalue weighted by Crippen LogP contribution is 2.22. The van der Waals surface area contributed by atoms with E-state index < -0.39 is 0 Å². The molecule has 1 nitrogen and oxygen atoms in total. The highest BCUT2D eigenvalue weighted by Gasteiger charge is 2.00. The number of hydrogen-bond donors (Lipinski definition) is 1. The normalized spacial score (nSPS) is 9.47. The molecule has 0 aromatic heterocycles. The van der Waals surface area contributed by atoms with Crippen molar-refractivity contribution in [2.75, 3.05) is 5.73 Å². The zero-order valence-electron chi connectivity index (χ0n) is 8.12. The molecule has 1 heteroatoms. The van der Waals surface area contributed by atoms with Gasteiger partial charge in [-0.1, -0.05) is 17.9 Å². The van der Waals surface area contributed by atoms with Crippen LogP contribution >= 0.6 is 0 Å². The summed E-state index contributed by atoms with van der Waals surface area (Å²) in [4.78, 5) is 0. The van der Waals surface area contributed by atoms with Crippen LogP contribution in [-0.4, -0.2) is 0 Å². The lowest BCUT2D eigenvalue weighted by Crippen LogP contribution is -1.90. The number of fused-ring (bicyclic) bond motifs is 1. The molecule has 2 rings (SSSR count). The quantitative estimate of drug-likeness (QED) is 0.502. The van der Waals surface area contributed by atoms with Gasteiger partial charge in [0.25, 0.3) is 0 Å². The van der Waals surface area contributed by atoms with Crippen molar-refractivity contribution in [2.45, 2.75) is 0 Å². The fourth-order valence-corrected chi connectivity index (χ4v) is 1.53. The summed E-state index contributed by atoms with van der Waals surface area (Å²) in [6, 6.07) is 9.50. The smallest absolute Gasteiger partial charge is 0.0479 e. The third kappa shape index (κ3) is 1.52. The van der Waals surface area contributed by atoms with Gasteiger partial charge in [0.1, 0.15) is 0 Å². The summed E-state index contributed by atoms with van der Waals surface area (Å²) in [6.45, 7) is 0. The van der Waals surface area contributed by atoms with E-state index in [4.69, 9.17) is 18.6 Å². The first kappa shape index (κ1) is 9.19. The number of nitrogens with two attached hydrogens (primary N) is 1. The molecule has 0 saturated carbocycles. The van der Waals surface area contributed by atoms with Crippen molar-refractivity contribution in [1.29, 1.82) is 0 Å². The lowest BCUT2D eigenvalue weighted by Gasteiger charge is -2.03. The van der Waals surface area contributed by atoms with E-state index in [2.05, 4.69) is 11.8 Å². The first-order chi connectivity index (χ1) is 7.24. The Hall–Kier alpha value is -2.38. The van der Waals surface area contributed by atoms with E-state index in [0.717, 1.165) is 16.3 Å². The summed E-state index contributed by atoms with van der Waals surface area (Å²) in [5, 5.41) is 2.07. The number of hydrogen-bond acceptors (Lipinski definition) is 1. The van der Waals surface area contributed by atoms with Crippen LogP contribution in [0.25, 0.3) is 10.8 Å². The molecule has 15 heavy (non-hydrogen) atoms. The van der Waals surface area contributed by atoms with Crippen molar-refractivity contribution >= 4 is 16.5 Å². The Labute approximate surface area is 88.9 Å². The monoisotopic (exact) mass is 191 g/mol. The van der Waals surface area contributed by atoms with Crippen LogP contribution < -0.4 is 5.73 Å². The Morgan fingerprint density at radius 1 is 0.933 bits per heavy atom. The molecule has 0 heterocycles. The SMILES string of the molecule is C#Cc1ccc2cc(N)c(C#C)cc2c1. The van der Waals surface area contributed by atoms with E-state index in [-0.39, 0.29) is 0 Å². The Morgan fingerprint density at radius 3 is 2.40 bits per heavy atom. The van der Waals surface area contributed by atoms with Crippen LogP contribution in [-0.2, 0) is 0 Å². The van der Waals surface area contributed by atoms with Crippen molar-refractivity contribution in [3.05, 3.63) is 41.5 Å². The van der Waals surface area contributed by atoms with Crippen LogP contribution in [0.2, 0.25) is 0 Å². The highest BCUT2D eigenvalue weighted by atomic mass is 14.6. The van der Waals surface area contributed by atoms with Gasteiger partial charge in [-0.25, -0.2) is 0 Å². The highest BCUT2D eigenvalue weighted by molar-refractivity contribution is 5.89. The summed E-state index contributed by atoms with van der Waals surface area (Å²) < 4.78 is 0. The van der Waals surface area contributed by atoms with Gasteiger partial charge in [-0.05, 0) is 35.0 Å². The minimum Gasteiger partial charge on any atom is -0.398 e. The maximum Gasteiger partial charge on any atom is 0.0479 e. The molecule has 2 N–H and O–H groups in total. The van der Waals surface area contributed by atoms with Gasteiger partial charge in [-0.2, -0.15) is 0 Å². The summed E-state index contributed by atoms with van der Waals surface area (Å²) in [7, 11) is 0. The molecule has 0 bridgehead atoms. The molecule has 0 saturated heterocycles. The van der Waals surface area contributed by atoms with E-state index in [9.17, 15) is 0 Å². The topological polar surface area (TPSA) is 26.0 Å². The van der Waals surface area contributed by atoms with Crippen LogP contribution in [0.3, 0.4) is 0 Å². The zero-order valence-corrected chi connectivity index (χ0v) is 8.12. The number of terminal acetylenes is 2. The van der Waals surface area contributed by atoms with Crippen LogP contribution in [0.15, 0.2) is 30.3 Å². The van der Waals surface area contributed by atoms with Gasteiger partial charge in [0, 0.05) is 16.8 Å². The van der Waals surface area contributed by atoms with Gasteiger partial charge in [0.15, 0.2) is 0 Å². The van der Waals surface area contributed by atoms with E-state index in [0.29, 0.717) is 11.3 Å². The molecule has 0 radical (unpaired) electrons. The molecule has 0 aliphatic rings. The van der Waals surface area contributed by atoms with Crippen molar-refractivity contribution in [2.24, 2.45) is 0 Å². The second-order valence-electron chi connectivity index (χ2n) is 3.29. The number of nitrogen functional groups attached to an aromatic ring is 1. The van der Waals surface area contributed by atoms with Gasteiger partial charge < -0.3 is 5.73 Å². The maximum atomic E-state index is 5.78. The average Bonchev–Trinajstić information content (AvgIpc) is 2.27. The molecular weight excluding hydrogens is 182 g/mol. The molecule has 0 fully saturated rings. The van der Waals surface area contributed by atoms with Gasteiger partial charge in [-0.15, -0.1) is 12.8 Å². The molecule has 2 aromatic carbocycles. The number of anilines is 1. The van der Waals surface area contributed by atoms with Crippen LogP contribution in [0.4, 0.5) is 5.69 Å². The van der Waals surface area contributed by atoms with Gasteiger partial charge in [0.05, 0.1) is 0 Å². The summed E-state index contributed by atoms with van der Waals surface area (Å²) in [5.41, 5.74) is 7.96. The van der Waals surface area contributed by atoms with Crippen LogP contribution in [0.5, 0.6) is 0 Å². The van der Waals surface area contributed by atoms with Gasteiger partial charge in [-0.3, -0.25) is 0 Å². The Bertz CT molecular complexity index is 609. The zero-order chi connectivity index (χ0) is 10.8. The molecule has 70 valence electrons. The van der Waals surface area contributed by atoms with E-state index in [1.807, 2.05) is 30.3 Å². The van der Waals surface area contributed by atoms with Crippen molar-refractivity contribution in [3.63, 3.8) is 0 Å². The fraction of sp³-hybridized carbons (Fsp3) is 0. The minimum absolute atomic E-state index is 0.624. The minimum atomic E-state index is 0.624.